The summed E-state index contributed by atoms with van der Waals surface area (Å²) in [5.41, 5.74) is -4.43. The number of carboxylic acids is 1. The van der Waals surface area contributed by atoms with Crippen LogP contribution in [0.1, 0.15) is 33.1 Å². The zero-order valence-electron chi connectivity index (χ0n) is 13.2. The quantitative estimate of drug-likeness (QED) is 0.743. The predicted molar refractivity (Wildman–Crippen MR) is 71.1 cm³/mol. The SMILES string of the molecule is CC1C2CC(CC(OCC(=O)O)(C(F)(F)F)C(F)(F)F)C(C2)C1C. The molecule has 2 aliphatic carbocycles. The minimum absolute atomic E-state index is 0.0485. The molecule has 3 nitrogen and oxygen atoms in total. The van der Waals surface area contributed by atoms with Crippen LogP contribution >= 0.6 is 0 Å². The normalized spacial score (nSPS) is 33.9. The zero-order chi connectivity index (χ0) is 18.5. The monoisotopic (exact) mass is 362 g/mol. The van der Waals surface area contributed by atoms with Gasteiger partial charge in [-0.2, -0.15) is 26.3 Å². The summed E-state index contributed by atoms with van der Waals surface area (Å²) in [4.78, 5) is 10.5. The van der Waals surface area contributed by atoms with Crippen molar-refractivity contribution in [2.75, 3.05) is 6.61 Å². The number of carbonyl (C=O) groups is 1. The molecule has 2 aliphatic rings. The number of hydrogen-bond acceptors (Lipinski definition) is 2. The summed E-state index contributed by atoms with van der Waals surface area (Å²) in [5, 5.41) is 8.49. The maximum atomic E-state index is 13.4. The molecule has 0 radical (unpaired) electrons. The van der Waals surface area contributed by atoms with Gasteiger partial charge in [-0.1, -0.05) is 13.8 Å². The number of alkyl halides is 6. The van der Waals surface area contributed by atoms with Crippen molar-refractivity contribution in [3.8, 4) is 0 Å². The first-order valence-corrected chi connectivity index (χ1v) is 7.79. The lowest BCUT2D eigenvalue weighted by atomic mass is 9.71. The molecule has 0 aromatic heterocycles. The lowest BCUT2D eigenvalue weighted by Gasteiger charge is -2.41. The van der Waals surface area contributed by atoms with Crippen molar-refractivity contribution in [3.05, 3.63) is 0 Å². The Kier molecular flexibility index (Phi) is 4.89. The van der Waals surface area contributed by atoms with Crippen molar-refractivity contribution >= 4 is 5.97 Å². The highest BCUT2D eigenvalue weighted by Crippen LogP contribution is 2.60. The van der Waals surface area contributed by atoms with Crippen molar-refractivity contribution in [3.63, 3.8) is 0 Å². The fraction of sp³-hybridized carbons (Fsp3) is 0.933. The Labute approximate surface area is 135 Å². The highest BCUT2D eigenvalue weighted by Gasteiger charge is 2.73. The van der Waals surface area contributed by atoms with Gasteiger partial charge in [0.25, 0.3) is 5.60 Å². The van der Waals surface area contributed by atoms with Crippen molar-refractivity contribution < 1.29 is 41.0 Å². The van der Waals surface area contributed by atoms with Crippen LogP contribution in [0.2, 0.25) is 0 Å². The van der Waals surface area contributed by atoms with Gasteiger partial charge < -0.3 is 9.84 Å². The molecule has 5 unspecified atom stereocenters. The molecule has 0 aromatic carbocycles. The van der Waals surface area contributed by atoms with Gasteiger partial charge in [-0.15, -0.1) is 0 Å². The molecule has 0 aliphatic heterocycles. The van der Waals surface area contributed by atoms with E-state index in [0.717, 1.165) is 0 Å². The van der Waals surface area contributed by atoms with Crippen LogP contribution in [0.3, 0.4) is 0 Å². The Bertz CT molecular complexity index is 471. The largest absolute Gasteiger partial charge is 0.480 e. The lowest BCUT2D eigenvalue weighted by molar-refractivity contribution is -0.384. The molecule has 2 fully saturated rings. The van der Waals surface area contributed by atoms with Crippen LogP contribution < -0.4 is 0 Å². The molecule has 0 amide bonds. The highest BCUT2D eigenvalue weighted by atomic mass is 19.4. The smallest absolute Gasteiger partial charge is 0.426 e. The van der Waals surface area contributed by atoms with Crippen molar-refractivity contribution in [2.45, 2.75) is 51.1 Å². The summed E-state index contributed by atoms with van der Waals surface area (Å²) in [5.74, 6) is -2.43. The Morgan fingerprint density at radius 2 is 1.58 bits per heavy atom. The van der Waals surface area contributed by atoms with E-state index >= 15 is 0 Å². The summed E-state index contributed by atoms with van der Waals surface area (Å²) >= 11 is 0. The molecule has 2 saturated carbocycles. The molecule has 5 atom stereocenters. The number of rotatable bonds is 5. The van der Waals surface area contributed by atoms with Gasteiger partial charge in [-0.25, -0.2) is 4.79 Å². The van der Waals surface area contributed by atoms with E-state index in [0.29, 0.717) is 12.8 Å². The fourth-order valence-corrected chi connectivity index (χ4v) is 4.50. The Morgan fingerprint density at radius 1 is 1.04 bits per heavy atom. The summed E-state index contributed by atoms with van der Waals surface area (Å²) < 4.78 is 84.1. The van der Waals surface area contributed by atoms with Crippen LogP contribution in [0, 0.1) is 29.6 Å². The van der Waals surface area contributed by atoms with E-state index < -0.39 is 42.9 Å². The van der Waals surface area contributed by atoms with Gasteiger partial charge in [0.05, 0.1) is 0 Å². The van der Waals surface area contributed by atoms with E-state index in [2.05, 4.69) is 4.74 Å². The Hall–Kier alpha value is -0.990. The molecule has 2 bridgehead atoms. The Morgan fingerprint density at radius 3 is 1.96 bits per heavy atom. The van der Waals surface area contributed by atoms with Crippen molar-refractivity contribution in [1.29, 1.82) is 0 Å². The molecule has 140 valence electrons. The van der Waals surface area contributed by atoms with Crippen LogP contribution in [-0.4, -0.2) is 35.6 Å². The van der Waals surface area contributed by atoms with E-state index in [1.807, 2.05) is 13.8 Å². The van der Waals surface area contributed by atoms with E-state index in [1.165, 1.54) is 0 Å². The second-order valence-corrected chi connectivity index (χ2v) is 7.08. The number of hydrogen-bond donors (Lipinski definition) is 1. The summed E-state index contributed by atoms with van der Waals surface area (Å²) in [6.07, 6.45) is -11.8. The molecule has 0 saturated heterocycles. The third-order valence-corrected chi connectivity index (χ3v) is 5.94. The standard InChI is InChI=1S/C15H20F6O3/c1-7-8(2)11-4-9(7)3-10(11)5-13(14(16,17)18,15(19,20)21)24-6-12(22)23/h7-11H,3-6H2,1-2H3,(H,22,23). The number of carboxylic acid groups (broad SMARTS) is 1. The molecular formula is C15H20F6O3. The molecular weight excluding hydrogens is 342 g/mol. The first-order chi connectivity index (χ1) is 10.8. The van der Waals surface area contributed by atoms with E-state index in [9.17, 15) is 31.1 Å². The maximum Gasteiger partial charge on any atom is 0.426 e. The second kappa shape index (κ2) is 6.07. The number of halogens is 6. The average Bonchev–Trinajstić information content (AvgIpc) is 2.92. The summed E-state index contributed by atoms with van der Waals surface area (Å²) in [6, 6.07) is 0. The number of ether oxygens (including phenoxy) is 1. The first kappa shape index (κ1) is 19.3. The van der Waals surface area contributed by atoms with Crippen LogP contribution in [-0.2, 0) is 9.53 Å². The topological polar surface area (TPSA) is 46.5 Å². The second-order valence-electron chi connectivity index (χ2n) is 7.08. The Balaban J connectivity index is 2.31. The predicted octanol–water partition coefficient (Wildman–Crippen LogP) is 4.27. The van der Waals surface area contributed by atoms with Gasteiger partial charge in [-0.3, -0.25) is 0 Å². The van der Waals surface area contributed by atoms with Gasteiger partial charge in [-0.05, 0) is 48.9 Å². The molecule has 24 heavy (non-hydrogen) atoms. The highest BCUT2D eigenvalue weighted by molar-refractivity contribution is 5.68. The van der Waals surface area contributed by atoms with Crippen molar-refractivity contribution in [1.82, 2.24) is 0 Å². The molecule has 2 rings (SSSR count). The third kappa shape index (κ3) is 3.11. The van der Waals surface area contributed by atoms with Crippen LogP contribution in [0.25, 0.3) is 0 Å². The van der Waals surface area contributed by atoms with Crippen LogP contribution in [0.4, 0.5) is 26.3 Å². The van der Waals surface area contributed by atoms with Gasteiger partial charge in [0, 0.05) is 0 Å². The van der Waals surface area contributed by atoms with E-state index in [-0.39, 0.29) is 23.7 Å². The summed E-state index contributed by atoms with van der Waals surface area (Å²) in [7, 11) is 0. The number of aliphatic carboxylic acids is 1. The fourth-order valence-electron chi connectivity index (χ4n) is 4.50. The van der Waals surface area contributed by atoms with E-state index in [1.54, 1.807) is 0 Å². The van der Waals surface area contributed by atoms with Crippen LogP contribution in [0.15, 0.2) is 0 Å². The van der Waals surface area contributed by atoms with E-state index in [4.69, 9.17) is 5.11 Å². The lowest BCUT2D eigenvalue weighted by Crippen LogP contribution is -2.60. The third-order valence-electron chi connectivity index (χ3n) is 5.94. The molecule has 9 heteroatoms. The number of fused-ring (bicyclic) bond motifs is 2. The van der Waals surface area contributed by atoms with Crippen LogP contribution in [0.5, 0.6) is 0 Å². The molecule has 0 aromatic rings. The molecule has 0 heterocycles. The maximum absolute atomic E-state index is 13.4. The molecule has 1 N–H and O–H groups in total. The summed E-state index contributed by atoms with van der Waals surface area (Å²) in [6.45, 7) is 2.17. The first-order valence-electron chi connectivity index (χ1n) is 7.79. The minimum atomic E-state index is -5.74. The van der Waals surface area contributed by atoms with Gasteiger partial charge in [0.1, 0.15) is 6.61 Å². The average molecular weight is 362 g/mol. The van der Waals surface area contributed by atoms with Crippen molar-refractivity contribution in [2.24, 2.45) is 29.6 Å². The molecule has 0 spiro atoms. The van der Waals surface area contributed by atoms with Gasteiger partial charge in [0.2, 0.25) is 0 Å². The van der Waals surface area contributed by atoms with Gasteiger partial charge in [0.15, 0.2) is 0 Å². The minimum Gasteiger partial charge on any atom is -0.480 e. The zero-order valence-corrected chi connectivity index (χ0v) is 13.2. The van der Waals surface area contributed by atoms with Gasteiger partial charge >= 0.3 is 18.3 Å².